The van der Waals surface area contributed by atoms with Crippen LogP contribution < -0.4 is 19.6 Å². The summed E-state index contributed by atoms with van der Waals surface area (Å²) >= 11 is 0. The zero-order chi connectivity index (χ0) is 95.8. The Hall–Kier alpha value is -18.9. The van der Waals surface area contributed by atoms with Crippen LogP contribution in [0.4, 0.5) is 68.2 Å². The molecule has 144 heavy (non-hydrogen) atoms. The Kier molecular flexibility index (Phi) is 23.0. The van der Waals surface area contributed by atoms with Crippen LogP contribution in [-0.2, 0) is 6.54 Å². The molecule has 6 heteroatoms. The molecule has 0 radical (unpaired) electrons. The summed E-state index contributed by atoms with van der Waals surface area (Å²) in [5, 5.41) is 15.0. The maximum absolute atomic E-state index is 2.42. The zero-order valence-electron chi connectivity index (χ0n) is 79.6. The van der Waals surface area contributed by atoms with E-state index in [0.29, 0.717) is 0 Å². The zero-order valence-corrected chi connectivity index (χ0v) is 79.6. The molecular formula is C138H98N6. The van der Waals surface area contributed by atoms with Gasteiger partial charge in [-0.1, -0.05) is 419 Å². The van der Waals surface area contributed by atoms with Gasteiger partial charge in [0.05, 0.1) is 34.1 Å². The lowest BCUT2D eigenvalue weighted by Gasteiger charge is -2.28. The van der Waals surface area contributed by atoms with Gasteiger partial charge in [0.1, 0.15) is 0 Å². The largest absolute Gasteiger partial charge is 0.341 e. The summed E-state index contributed by atoms with van der Waals surface area (Å²) in [6.45, 7) is 3.16. The molecule has 0 bridgehead atoms. The lowest BCUT2D eigenvalue weighted by atomic mass is 9.80. The molecular weight excluding hydrogens is 1740 g/mol. The van der Waals surface area contributed by atoms with Gasteiger partial charge < -0.3 is 28.7 Å². The van der Waals surface area contributed by atoms with Crippen LogP contribution in [0.1, 0.15) is 29.2 Å². The summed E-state index contributed by atoms with van der Waals surface area (Å²) in [6.07, 6.45) is 13.5. The van der Waals surface area contributed by atoms with Crippen LogP contribution in [0.25, 0.3) is 172 Å². The molecule has 0 aliphatic carbocycles. The molecule has 0 spiro atoms. The average Bonchev–Trinajstić information content (AvgIpc) is 1.54. The van der Waals surface area contributed by atoms with E-state index < -0.39 is 0 Å². The van der Waals surface area contributed by atoms with E-state index in [1.165, 1.54) is 187 Å². The fourth-order valence-corrected chi connectivity index (χ4v) is 21.8. The molecule has 2 aliphatic rings. The van der Waals surface area contributed by atoms with Gasteiger partial charge in [-0.15, -0.1) is 0 Å². The highest BCUT2D eigenvalue weighted by Crippen LogP contribution is 2.54. The van der Waals surface area contributed by atoms with Crippen LogP contribution in [0, 0.1) is 0 Å². The van der Waals surface area contributed by atoms with Crippen LogP contribution >= 0.6 is 0 Å². The van der Waals surface area contributed by atoms with Gasteiger partial charge in [0, 0.05) is 102 Å². The van der Waals surface area contributed by atoms with Crippen molar-refractivity contribution in [3.63, 3.8) is 0 Å². The minimum atomic E-state index is 0.933. The van der Waals surface area contributed by atoms with Crippen LogP contribution in [-0.4, -0.2) is 9.13 Å². The summed E-state index contributed by atoms with van der Waals surface area (Å²) in [7, 11) is 0. The maximum atomic E-state index is 2.42. The number of para-hydroxylation sites is 7. The number of hydrogen-bond acceptors (Lipinski definition) is 4. The van der Waals surface area contributed by atoms with E-state index in [0.717, 1.165) is 57.7 Å². The number of fused-ring (bicyclic) bond motifs is 14. The van der Waals surface area contributed by atoms with Gasteiger partial charge in [-0.3, -0.25) is 0 Å². The predicted octanol–water partition coefficient (Wildman–Crippen LogP) is 38.6. The third-order valence-corrected chi connectivity index (χ3v) is 28.5. The van der Waals surface area contributed by atoms with Gasteiger partial charge in [0.25, 0.3) is 0 Å². The average molecular weight is 1840 g/mol. The number of anilines is 12. The molecule has 0 amide bonds. The van der Waals surface area contributed by atoms with Crippen LogP contribution in [0.5, 0.6) is 0 Å². The van der Waals surface area contributed by atoms with Crippen molar-refractivity contribution >= 4 is 168 Å². The monoisotopic (exact) mass is 1840 g/mol. The number of rotatable bonds is 16. The summed E-state index contributed by atoms with van der Waals surface area (Å²) in [4.78, 5) is 9.49. The second-order valence-electron chi connectivity index (χ2n) is 36.8. The Bertz CT molecular complexity index is 8560. The van der Waals surface area contributed by atoms with E-state index in [9.17, 15) is 0 Å². The van der Waals surface area contributed by atoms with E-state index in [1.54, 1.807) is 0 Å². The van der Waals surface area contributed by atoms with Gasteiger partial charge in [0.15, 0.2) is 0 Å². The second kappa shape index (κ2) is 38.1. The van der Waals surface area contributed by atoms with E-state index in [-0.39, 0.29) is 0 Å². The van der Waals surface area contributed by atoms with Crippen molar-refractivity contribution in [2.75, 3.05) is 19.6 Å². The van der Waals surface area contributed by atoms with Gasteiger partial charge in [0.2, 0.25) is 0 Å². The molecule has 25 aromatic rings. The topological polar surface area (TPSA) is 22.8 Å². The molecule has 0 saturated carbocycles. The third kappa shape index (κ3) is 16.2. The Morgan fingerprint density at radius 2 is 0.465 bits per heavy atom. The molecule has 0 atom stereocenters. The van der Waals surface area contributed by atoms with E-state index >= 15 is 0 Å². The first-order valence-corrected chi connectivity index (χ1v) is 49.6. The quantitative estimate of drug-likeness (QED) is 0.0900. The third-order valence-electron chi connectivity index (χ3n) is 28.5. The Balaban J connectivity index is 0.000000114. The molecule has 2 aliphatic heterocycles. The smallest absolute Gasteiger partial charge is 0.0546 e. The summed E-state index contributed by atoms with van der Waals surface area (Å²) in [5.41, 5.74) is 36.9. The molecule has 0 unspecified atom stereocenters. The van der Waals surface area contributed by atoms with Crippen LogP contribution in [0.15, 0.2) is 540 Å². The number of aromatic nitrogens is 2. The summed E-state index contributed by atoms with van der Waals surface area (Å²) in [5.74, 6) is 0. The predicted molar refractivity (Wildman–Crippen MR) is 614 cm³/mol. The molecule has 23 aromatic carbocycles. The van der Waals surface area contributed by atoms with Crippen molar-refractivity contribution in [2.45, 2.75) is 13.5 Å². The van der Waals surface area contributed by atoms with E-state index in [2.05, 4.69) is 600 Å². The van der Waals surface area contributed by atoms with Crippen LogP contribution in [0.3, 0.4) is 0 Å². The minimum absolute atomic E-state index is 0.933. The van der Waals surface area contributed by atoms with Crippen molar-refractivity contribution in [3.05, 3.63) is 562 Å². The Labute approximate surface area is 839 Å². The SMILES string of the molecule is C1=Cc2ccccc2N(c2ccc(-c3ccc(N4c5ccccc5C=Cc5ccccc54)cc3)cc2)c2ccccc21.CCn1c2ccccc2c2cc(-n3cc4c(-c5ccccc5)c(-c5ccccc5)c(-c5ccccc5)c(-c5ccccc5)c4c3)ccc21.c1ccc(N(c2ccc(-c3ccc(N(c4ccccc4)c4cc5ccccc5c5ccccc45)cc3)cc2)c2cc3ccccc3c3ccccc23)cc1. The summed E-state index contributed by atoms with van der Waals surface area (Å²) in [6, 6.07) is 190. The highest BCUT2D eigenvalue weighted by atomic mass is 15.2. The van der Waals surface area contributed by atoms with Crippen molar-refractivity contribution in [1.82, 2.24) is 9.13 Å². The Morgan fingerprint density at radius 3 is 0.833 bits per heavy atom. The first-order chi connectivity index (χ1) is 71.4. The molecule has 0 saturated heterocycles. The number of benzene rings is 23. The molecule has 2 aromatic heterocycles. The highest BCUT2D eigenvalue weighted by molar-refractivity contribution is 6.20. The highest BCUT2D eigenvalue weighted by Gasteiger charge is 2.29. The summed E-state index contributed by atoms with van der Waals surface area (Å²) < 4.78 is 4.75. The lowest BCUT2D eigenvalue weighted by molar-refractivity contribution is 0.827. The fourth-order valence-electron chi connectivity index (χ4n) is 21.8. The molecule has 0 fully saturated rings. The number of nitrogens with zero attached hydrogens (tertiary/aromatic N) is 6. The van der Waals surface area contributed by atoms with Crippen molar-refractivity contribution in [1.29, 1.82) is 0 Å². The Morgan fingerprint density at radius 1 is 0.188 bits per heavy atom. The van der Waals surface area contributed by atoms with Gasteiger partial charge in [-0.2, -0.15) is 0 Å². The maximum Gasteiger partial charge on any atom is 0.0546 e. The first-order valence-electron chi connectivity index (χ1n) is 49.6. The van der Waals surface area contributed by atoms with Crippen molar-refractivity contribution in [2.24, 2.45) is 0 Å². The molecule has 4 heterocycles. The standard InChI is InChI=1S/C52H36N2.C46H34N2.C40H28N2/c1-3-17-41(18-4-1)53(51-35-39-15-7-9-21-45(39)47-23-11-13-25-49(47)51)43-31-27-37(28-32-43)38-29-33-44(34-30-38)54(42-19-5-2-6-20-42)52-36-40-16-8-10-22-46(40)48-24-12-14-26-50(48)52;1-2-48-41-26-16-15-25-37(41)38-29-36(27-28-42(38)48)47-30-39-40(31-47)44(33-19-9-4-10-20-33)46(35-23-13-6-14-24-35)45(34-21-11-5-12-22-34)43(39)32-17-7-3-8-18-32;1-5-13-37-31(9-1)17-18-32-10-2-6-14-38(32)41(37)35-25-21-29(22-26-35)30-23-27-36(28-24-30)42-39-15-7-3-11-33(39)19-20-34-12-4-8-16-40(34)42/h1-36H;3-31H,2H2,1H3;1-28H. The lowest BCUT2D eigenvalue weighted by Crippen LogP contribution is -2.11. The van der Waals surface area contributed by atoms with Crippen LogP contribution in [0.2, 0.25) is 0 Å². The molecule has 27 rings (SSSR count). The minimum Gasteiger partial charge on any atom is -0.341 e. The molecule has 0 N–H and O–H groups in total. The molecule has 680 valence electrons. The van der Waals surface area contributed by atoms with E-state index in [1.807, 2.05) is 0 Å². The number of aryl methyl sites for hydroxylation is 1. The van der Waals surface area contributed by atoms with E-state index in [4.69, 9.17) is 0 Å². The van der Waals surface area contributed by atoms with Crippen molar-refractivity contribution < 1.29 is 0 Å². The van der Waals surface area contributed by atoms with Gasteiger partial charge in [-0.05, 0) is 262 Å². The molecule has 6 nitrogen and oxygen atoms in total. The van der Waals surface area contributed by atoms with Gasteiger partial charge in [-0.25, -0.2) is 0 Å². The van der Waals surface area contributed by atoms with Gasteiger partial charge >= 0.3 is 0 Å². The second-order valence-corrected chi connectivity index (χ2v) is 36.8. The number of hydrogen-bond donors (Lipinski definition) is 0. The fraction of sp³-hybridized carbons (Fsp3) is 0.0145. The normalized spacial score (nSPS) is 11.9. The first kappa shape index (κ1) is 86.7. The van der Waals surface area contributed by atoms with Crippen molar-refractivity contribution in [3.8, 4) is 72.4 Å².